The molecule has 0 spiro atoms. The second-order valence-electron chi connectivity index (χ2n) is 16.7. The summed E-state index contributed by atoms with van der Waals surface area (Å²) >= 11 is 9.91. The van der Waals surface area contributed by atoms with Gasteiger partial charge in [-0.1, -0.05) is 48.5 Å². The number of Topliss-reactive ketones (excluding diaryl/α,β-unsaturated/α-hetero) is 6. The van der Waals surface area contributed by atoms with E-state index >= 15 is 0 Å². The number of rotatable bonds is 4. The predicted octanol–water partition coefficient (Wildman–Crippen LogP) is 10.5. The van der Waals surface area contributed by atoms with Gasteiger partial charge >= 0.3 is 342 Å². The van der Waals surface area contributed by atoms with Crippen molar-refractivity contribution in [1.82, 2.24) is 5.32 Å². The van der Waals surface area contributed by atoms with Crippen molar-refractivity contribution in [3.8, 4) is 0 Å². The molecule has 0 bridgehead atoms. The molecular weight excluding hydrogens is 1290 g/mol. The Balaban J connectivity index is 0.000000120. The van der Waals surface area contributed by atoms with Crippen LogP contribution in [-0.4, -0.2) is 102 Å². The van der Waals surface area contributed by atoms with Crippen LogP contribution in [0, 0.1) is 0 Å². The zero-order valence-electron chi connectivity index (χ0n) is 38.1. The number of halogens is 2. The molecule has 0 saturated heterocycles. The summed E-state index contributed by atoms with van der Waals surface area (Å²) in [5.41, 5.74) is 9.53. The van der Waals surface area contributed by atoms with Crippen molar-refractivity contribution in [2.75, 3.05) is 4.90 Å². The summed E-state index contributed by atoms with van der Waals surface area (Å²) in [5, 5.41) is 3.29. The minimum absolute atomic E-state index is 0.0504. The fourth-order valence-electron chi connectivity index (χ4n) is 8.51. The van der Waals surface area contributed by atoms with Gasteiger partial charge in [0.05, 0.1) is 6.42 Å². The first-order valence-electron chi connectivity index (χ1n) is 22.6. The van der Waals surface area contributed by atoms with Crippen molar-refractivity contribution in [2.45, 2.75) is 32.6 Å². The molecule has 5 heterocycles. The molecule has 0 unspecified atom stereocenters. The van der Waals surface area contributed by atoms with Gasteiger partial charge in [0, 0.05) is 24.2 Å². The molecular formula is C58H40Cl2N2O7Te3. The number of benzene rings is 5. The number of nitrogens with one attached hydrogen (secondary N) is 1. The molecule has 14 heteroatoms. The third kappa shape index (κ3) is 11.8. The summed E-state index contributed by atoms with van der Waals surface area (Å²) in [6.45, 7) is 4.01. The fraction of sp³-hybridized carbons (Fsp3) is 0.0862. The maximum Gasteiger partial charge on any atom is 0.0211 e. The normalized spacial score (nSPS) is 14.3. The molecule has 5 aromatic carbocycles. The average Bonchev–Trinajstić information content (AvgIpc) is 4.30. The minimum Gasteiger partial charge on any atom is -0.309 e. The Hall–Kier alpha value is -5.58. The van der Waals surface area contributed by atoms with Crippen molar-refractivity contribution in [3.05, 3.63) is 241 Å². The molecule has 0 atom stereocenters. The van der Waals surface area contributed by atoms with Crippen LogP contribution < -0.4 is 10.2 Å². The van der Waals surface area contributed by atoms with Crippen LogP contribution in [0.4, 0.5) is 3.70 Å². The zero-order valence-corrected chi connectivity index (χ0v) is 46.6. The van der Waals surface area contributed by atoms with E-state index in [0.717, 1.165) is 49.3 Å². The Morgan fingerprint density at radius 2 is 0.778 bits per heavy atom. The number of ketones is 6. The van der Waals surface area contributed by atoms with E-state index < -0.39 is 61.3 Å². The Bertz CT molecular complexity index is 3370. The number of allylic oxidation sites excluding steroid dienone is 2. The van der Waals surface area contributed by atoms with Crippen molar-refractivity contribution in [2.24, 2.45) is 0 Å². The first-order valence-corrected chi connectivity index (χ1v) is 30.3. The summed E-state index contributed by atoms with van der Waals surface area (Å²) in [6.07, 6.45) is 4.48. The average molecular weight is 1330 g/mol. The van der Waals surface area contributed by atoms with Crippen LogP contribution in [0.25, 0.3) is 12.2 Å². The summed E-state index contributed by atoms with van der Waals surface area (Å²) in [7, 11) is 0. The second-order valence-corrected chi connectivity index (χ2v) is 28.4. The molecule has 5 aliphatic rings. The maximum atomic E-state index is 12.6. The van der Waals surface area contributed by atoms with E-state index in [1.807, 2.05) is 18.2 Å². The molecule has 9 nitrogen and oxygen atoms in total. The van der Waals surface area contributed by atoms with E-state index in [1.54, 1.807) is 91.0 Å². The Morgan fingerprint density at radius 3 is 1.17 bits per heavy atom. The summed E-state index contributed by atoms with van der Waals surface area (Å²) in [4.78, 5) is 83.9. The summed E-state index contributed by atoms with van der Waals surface area (Å²) in [6, 6.07) is 49.6. The van der Waals surface area contributed by atoms with Crippen molar-refractivity contribution < 1.29 is 33.6 Å². The fourth-order valence-corrected chi connectivity index (χ4v) is 16.0. The molecule has 0 fully saturated rings. The van der Waals surface area contributed by atoms with Crippen LogP contribution in [0.2, 0.25) is 6.08 Å². The van der Waals surface area contributed by atoms with E-state index in [-0.39, 0.29) is 46.7 Å². The van der Waals surface area contributed by atoms with Crippen LogP contribution in [0.15, 0.2) is 169 Å². The second kappa shape index (κ2) is 23.5. The van der Waals surface area contributed by atoms with Gasteiger partial charge in [-0.05, 0) is 11.1 Å². The molecule has 0 amide bonds. The molecule has 72 heavy (non-hydrogen) atoms. The number of carbonyl (C=O) groups excluding carboxylic acids is 7. The smallest absolute Gasteiger partial charge is 0.0211 e. The van der Waals surface area contributed by atoms with Crippen LogP contribution >= 0.6 is 23.2 Å². The standard InChI is InChI=1S/C22H15NO2Te.C14H7ClO2Te.C9H6O2.C8H9N.C5H3ClOTe/c24-21-17-7-3-4-8-18(17)22(25)19(21)11-16-9-10-20(26-16)23-12-14-5-1-2-6-15(14)13-23;15-12-6-5-8(18-12)7-11-13(16)9-3-1-2-4-10(9)14(11)17;10-8-5-9(11)7-4-2-1-3-6(7)8;1-2-4-8-6-9-5-7(8)3-1;6-5-2-1-4(3-7)8-5/h1-11H,12-13H2;1-7H;1-4H,5H2;1-4,9H,5-6H2;1-3H. The first-order chi connectivity index (χ1) is 34.9. The summed E-state index contributed by atoms with van der Waals surface area (Å²) in [5.74, 6) is -0.725. The predicted molar refractivity (Wildman–Crippen MR) is 285 cm³/mol. The van der Waals surface area contributed by atoms with Gasteiger partial charge in [0.2, 0.25) is 0 Å². The molecule has 3 aromatic heterocycles. The van der Waals surface area contributed by atoms with Crippen LogP contribution in [-0.2, 0) is 26.2 Å². The summed E-state index contributed by atoms with van der Waals surface area (Å²) < 4.78 is 6.15. The van der Waals surface area contributed by atoms with Gasteiger partial charge in [0.25, 0.3) is 0 Å². The first kappa shape index (κ1) is 51.3. The van der Waals surface area contributed by atoms with Gasteiger partial charge < -0.3 is 5.32 Å². The third-order valence-electron chi connectivity index (χ3n) is 12.1. The number of fused-ring (bicyclic) bond motifs is 5. The number of carbonyl (C=O) groups is 7. The molecule has 1 N–H and O–H groups in total. The molecule has 0 radical (unpaired) electrons. The molecule has 2 aliphatic heterocycles. The number of hydrogen-bond acceptors (Lipinski definition) is 9. The Morgan fingerprint density at radius 1 is 0.417 bits per heavy atom. The van der Waals surface area contributed by atoms with Gasteiger partial charge in [-0.15, -0.1) is 0 Å². The number of aldehydes is 1. The van der Waals surface area contributed by atoms with Gasteiger partial charge in [-0.3, -0.25) is 9.59 Å². The minimum atomic E-state index is -0.595. The van der Waals surface area contributed by atoms with Crippen molar-refractivity contribution in [1.29, 1.82) is 0 Å². The largest absolute Gasteiger partial charge is 0.309 e. The topological polar surface area (TPSA) is 135 Å². The van der Waals surface area contributed by atoms with Crippen molar-refractivity contribution >= 4 is 141 Å². The van der Waals surface area contributed by atoms with Gasteiger partial charge in [-0.25, -0.2) is 0 Å². The molecule has 3 aliphatic carbocycles. The molecule has 8 aromatic rings. The number of hydrogen-bond donors (Lipinski definition) is 1. The van der Waals surface area contributed by atoms with Gasteiger partial charge in [-0.2, -0.15) is 0 Å². The van der Waals surface area contributed by atoms with Gasteiger partial charge in [0.15, 0.2) is 11.6 Å². The Labute approximate surface area is 454 Å². The van der Waals surface area contributed by atoms with Crippen LogP contribution in [0.3, 0.4) is 0 Å². The Kier molecular flexibility index (Phi) is 16.8. The van der Waals surface area contributed by atoms with E-state index in [9.17, 15) is 33.6 Å². The third-order valence-corrected chi connectivity index (χ3v) is 21.1. The molecule has 13 rings (SSSR count). The van der Waals surface area contributed by atoms with E-state index in [2.05, 4.69) is 70.9 Å². The maximum absolute atomic E-state index is 12.6. The number of nitrogens with zero attached hydrogens (tertiary/aromatic N) is 1. The monoisotopic (exact) mass is 1340 g/mol. The molecule has 356 valence electrons. The van der Waals surface area contributed by atoms with Crippen LogP contribution in [0.1, 0.15) is 106 Å². The van der Waals surface area contributed by atoms with Crippen LogP contribution in [0.5, 0.6) is 0 Å². The number of anilines is 1. The van der Waals surface area contributed by atoms with Gasteiger partial charge in [0.1, 0.15) is 0 Å². The quantitative estimate of drug-likeness (QED) is 0.0601. The van der Waals surface area contributed by atoms with E-state index in [0.29, 0.717) is 39.0 Å². The zero-order chi connectivity index (χ0) is 50.3. The SMILES string of the molecule is O=C1C(=Cc2ccc(Cl)[te]2)C(=O)c2ccccc21.O=C1C(=Cc2ccc(N3Cc4ccccc4C3)[te]2)C(=O)c2ccccc21.O=C1CC(=O)c2ccccc21.O=Cc1ccc(Cl)[te]1.c1ccc2c(c1)CNC2. The molecule has 0 saturated carbocycles. The van der Waals surface area contributed by atoms with E-state index in [1.165, 1.54) is 26.0 Å². The van der Waals surface area contributed by atoms with Crippen molar-refractivity contribution in [3.63, 3.8) is 0 Å². The van der Waals surface area contributed by atoms with E-state index in [4.69, 9.17) is 23.2 Å².